The maximum Gasteiger partial charge on any atom is 0.358 e. The van der Waals surface area contributed by atoms with Gasteiger partial charge in [0.1, 0.15) is 11.4 Å². The van der Waals surface area contributed by atoms with Gasteiger partial charge in [0.15, 0.2) is 5.69 Å². The Bertz CT molecular complexity index is 605. The maximum absolute atomic E-state index is 11.3. The largest absolute Gasteiger partial charge is 0.496 e. The summed E-state index contributed by atoms with van der Waals surface area (Å²) in [5, 5.41) is 16.9. The minimum atomic E-state index is -1.10. The molecule has 0 aliphatic heterocycles. The summed E-state index contributed by atoms with van der Waals surface area (Å²) < 4.78 is 6.86. The SMILES string of the molecule is COc1ccccc1-c1c(C(=O)O)nnn1C(C)C. The Labute approximate surface area is 110 Å². The summed E-state index contributed by atoms with van der Waals surface area (Å²) in [4.78, 5) is 11.3. The average Bonchev–Trinajstić information content (AvgIpc) is 2.83. The smallest absolute Gasteiger partial charge is 0.358 e. The predicted octanol–water partition coefficient (Wildman–Crippen LogP) is 2.23. The average molecular weight is 261 g/mol. The van der Waals surface area contributed by atoms with E-state index in [0.717, 1.165) is 0 Å². The van der Waals surface area contributed by atoms with Crippen LogP contribution in [0.5, 0.6) is 5.75 Å². The van der Waals surface area contributed by atoms with Gasteiger partial charge >= 0.3 is 5.97 Å². The van der Waals surface area contributed by atoms with Gasteiger partial charge in [-0.1, -0.05) is 17.3 Å². The van der Waals surface area contributed by atoms with Gasteiger partial charge in [-0.3, -0.25) is 0 Å². The standard InChI is InChI=1S/C13H15N3O3/c1-8(2)16-12(11(13(17)18)14-15-16)9-6-4-5-7-10(9)19-3/h4-8H,1-3H3,(H,17,18). The zero-order valence-corrected chi connectivity index (χ0v) is 11.0. The van der Waals surface area contributed by atoms with E-state index in [-0.39, 0.29) is 11.7 Å². The summed E-state index contributed by atoms with van der Waals surface area (Å²) in [5.41, 5.74) is 1.05. The molecule has 0 saturated heterocycles. The topological polar surface area (TPSA) is 77.2 Å². The Morgan fingerprint density at radius 1 is 1.37 bits per heavy atom. The van der Waals surface area contributed by atoms with E-state index in [9.17, 15) is 9.90 Å². The predicted molar refractivity (Wildman–Crippen MR) is 69.4 cm³/mol. The van der Waals surface area contributed by atoms with Gasteiger partial charge in [0.05, 0.1) is 7.11 Å². The number of benzene rings is 1. The van der Waals surface area contributed by atoms with Crippen molar-refractivity contribution in [3.8, 4) is 17.0 Å². The van der Waals surface area contributed by atoms with Crippen LogP contribution in [-0.2, 0) is 0 Å². The van der Waals surface area contributed by atoms with E-state index in [1.807, 2.05) is 26.0 Å². The third-order valence-corrected chi connectivity index (χ3v) is 2.75. The Kier molecular flexibility index (Phi) is 3.50. The van der Waals surface area contributed by atoms with Crippen LogP contribution in [-0.4, -0.2) is 33.2 Å². The van der Waals surface area contributed by atoms with E-state index in [1.165, 1.54) is 0 Å². The molecular formula is C13H15N3O3. The molecule has 0 saturated carbocycles. The monoisotopic (exact) mass is 261 g/mol. The molecule has 1 aromatic heterocycles. The number of aromatic nitrogens is 3. The van der Waals surface area contributed by atoms with Crippen LogP contribution >= 0.6 is 0 Å². The molecule has 0 aliphatic carbocycles. The van der Waals surface area contributed by atoms with Crippen molar-refractivity contribution < 1.29 is 14.6 Å². The van der Waals surface area contributed by atoms with E-state index >= 15 is 0 Å². The number of rotatable bonds is 4. The zero-order valence-electron chi connectivity index (χ0n) is 11.0. The minimum absolute atomic E-state index is 0.000474. The fourth-order valence-corrected chi connectivity index (χ4v) is 1.89. The third kappa shape index (κ3) is 2.29. The summed E-state index contributed by atoms with van der Waals surface area (Å²) in [6.45, 7) is 3.83. The van der Waals surface area contributed by atoms with E-state index in [4.69, 9.17) is 4.74 Å². The summed E-state index contributed by atoms with van der Waals surface area (Å²) in [6.07, 6.45) is 0. The molecule has 0 unspecified atom stereocenters. The highest BCUT2D eigenvalue weighted by atomic mass is 16.5. The lowest BCUT2D eigenvalue weighted by molar-refractivity contribution is 0.0691. The van der Waals surface area contributed by atoms with Gasteiger partial charge in [-0.25, -0.2) is 9.48 Å². The lowest BCUT2D eigenvalue weighted by Gasteiger charge is -2.13. The fourth-order valence-electron chi connectivity index (χ4n) is 1.89. The lowest BCUT2D eigenvalue weighted by Crippen LogP contribution is -2.07. The second-order valence-corrected chi connectivity index (χ2v) is 4.33. The first-order valence-corrected chi connectivity index (χ1v) is 5.88. The fraction of sp³-hybridized carbons (Fsp3) is 0.308. The van der Waals surface area contributed by atoms with Gasteiger partial charge in [-0.2, -0.15) is 0 Å². The lowest BCUT2D eigenvalue weighted by atomic mass is 10.1. The highest BCUT2D eigenvalue weighted by Gasteiger charge is 2.23. The van der Waals surface area contributed by atoms with Gasteiger partial charge in [0, 0.05) is 11.6 Å². The third-order valence-electron chi connectivity index (χ3n) is 2.75. The number of nitrogens with zero attached hydrogens (tertiary/aromatic N) is 3. The summed E-state index contributed by atoms with van der Waals surface area (Å²) >= 11 is 0. The highest BCUT2D eigenvalue weighted by Crippen LogP contribution is 2.32. The van der Waals surface area contributed by atoms with Crippen molar-refractivity contribution in [1.82, 2.24) is 15.0 Å². The van der Waals surface area contributed by atoms with Crippen molar-refractivity contribution in [2.24, 2.45) is 0 Å². The van der Waals surface area contributed by atoms with Crippen LogP contribution in [0.3, 0.4) is 0 Å². The number of hydrogen-bond donors (Lipinski definition) is 1. The zero-order chi connectivity index (χ0) is 14.0. The van der Waals surface area contributed by atoms with E-state index in [0.29, 0.717) is 17.0 Å². The molecule has 0 spiro atoms. The van der Waals surface area contributed by atoms with Crippen molar-refractivity contribution in [3.05, 3.63) is 30.0 Å². The van der Waals surface area contributed by atoms with Gasteiger partial charge in [-0.05, 0) is 26.0 Å². The molecule has 2 aromatic rings. The number of carbonyl (C=O) groups is 1. The molecule has 1 aromatic carbocycles. The van der Waals surface area contributed by atoms with Crippen LogP contribution in [0.2, 0.25) is 0 Å². The number of carboxylic acid groups (broad SMARTS) is 1. The van der Waals surface area contributed by atoms with Crippen LogP contribution in [0.25, 0.3) is 11.3 Å². The van der Waals surface area contributed by atoms with Crippen molar-refractivity contribution >= 4 is 5.97 Å². The van der Waals surface area contributed by atoms with Crippen LogP contribution in [0.1, 0.15) is 30.4 Å². The normalized spacial score (nSPS) is 10.7. The molecule has 19 heavy (non-hydrogen) atoms. The van der Waals surface area contributed by atoms with Crippen LogP contribution < -0.4 is 4.74 Å². The van der Waals surface area contributed by atoms with E-state index in [2.05, 4.69) is 10.3 Å². The molecule has 6 nitrogen and oxygen atoms in total. The van der Waals surface area contributed by atoms with Gasteiger partial charge in [0.25, 0.3) is 0 Å². The second kappa shape index (κ2) is 5.09. The molecule has 1 heterocycles. The Morgan fingerprint density at radius 3 is 2.63 bits per heavy atom. The quantitative estimate of drug-likeness (QED) is 0.913. The number of hydrogen-bond acceptors (Lipinski definition) is 4. The van der Waals surface area contributed by atoms with Crippen molar-refractivity contribution in [3.63, 3.8) is 0 Å². The molecule has 100 valence electrons. The first-order valence-electron chi connectivity index (χ1n) is 5.88. The number of carboxylic acids is 1. The number of para-hydroxylation sites is 1. The van der Waals surface area contributed by atoms with Crippen molar-refractivity contribution in [2.75, 3.05) is 7.11 Å². The maximum atomic E-state index is 11.3. The molecule has 6 heteroatoms. The number of methoxy groups -OCH3 is 1. The summed E-state index contributed by atoms with van der Waals surface area (Å²) in [7, 11) is 1.54. The van der Waals surface area contributed by atoms with E-state index in [1.54, 1.807) is 23.9 Å². The number of aromatic carboxylic acids is 1. The molecule has 0 aliphatic rings. The molecule has 0 fully saturated rings. The van der Waals surface area contributed by atoms with Crippen LogP contribution in [0.4, 0.5) is 0 Å². The molecule has 1 N–H and O–H groups in total. The number of ether oxygens (including phenoxy) is 1. The first-order chi connectivity index (χ1) is 9.06. The van der Waals surface area contributed by atoms with Crippen LogP contribution in [0, 0.1) is 0 Å². The first kappa shape index (κ1) is 13.1. The molecule has 0 bridgehead atoms. The molecular weight excluding hydrogens is 246 g/mol. The molecule has 0 amide bonds. The molecule has 0 radical (unpaired) electrons. The van der Waals surface area contributed by atoms with E-state index < -0.39 is 5.97 Å². The van der Waals surface area contributed by atoms with Crippen molar-refractivity contribution in [2.45, 2.75) is 19.9 Å². The Balaban J connectivity index is 2.72. The minimum Gasteiger partial charge on any atom is -0.496 e. The van der Waals surface area contributed by atoms with Gasteiger partial charge < -0.3 is 9.84 Å². The Hall–Kier alpha value is -2.37. The highest BCUT2D eigenvalue weighted by molar-refractivity contribution is 5.93. The summed E-state index contributed by atoms with van der Waals surface area (Å²) in [5.74, 6) is -0.512. The van der Waals surface area contributed by atoms with Crippen molar-refractivity contribution in [1.29, 1.82) is 0 Å². The summed E-state index contributed by atoms with van der Waals surface area (Å²) in [6, 6.07) is 7.22. The van der Waals surface area contributed by atoms with Gasteiger partial charge in [0.2, 0.25) is 0 Å². The van der Waals surface area contributed by atoms with Crippen LogP contribution in [0.15, 0.2) is 24.3 Å². The molecule has 2 rings (SSSR count). The Morgan fingerprint density at radius 2 is 2.05 bits per heavy atom. The van der Waals surface area contributed by atoms with Gasteiger partial charge in [-0.15, -0.1) is 5.10 Å². The molecule has 0 atom stereocenters. The second-order valence-electron chi connectivity index (χ2n) is 4.33.